The van der Waals surface area contributed by atoms with Crippen LogP contribution in [0.3, 0.4) is 0 Å². The zero-order valence-corrected chi connectivity index (χ0v) is 19.2. The van der Waals surface area contributed by atoms with E-state index >= 15 is 0 Å². The van der Waals surface area contributed by atoms with Gasteiger partial charge in [0.15, 0.2) is 16.6 Å². The normalized spacial score (nSPS) is 10.3. The van der Waals surface area contributed by atoms with Crippen molar-refractivity contribution in [3.8, 4) is 21.9 Å². The minimum Gasteiger partial charge on any atom is -0.493 e. The van der Waals surface area contributed by atoms with E-state index in [-0.39, 0.29) is 0 Å². The van der Waals surface area contributed by atoms with Crippen LogP contribution >= 0.6 is 23.6 Å². The van der Waals surface area contributed by atoms with Crippen LogP contribution in [-0.2, 0) is 11.2 Å². The lowest BCUT2D eigenvalue weighted by atomic mass is 10.1. The molecule has 3 aromatic rings. The van der Waals surface area contributed by atoms with Crippen LogP contribution in [0.2, 0.25) is 0 Å². The minimum absolute atomic E-state index is 0.408. The molecule has 31 heavy (non-hydrogen) atoms. The van der Waals surface area contributed by atoms with Gasteiger partial charge in [0.05, 0.1) is 26.9 Å². The van der Waals surface area contributed by atoms with Crippen molar-refractivity contribution in [3.05, 3.63) is 65.7 Å². The average molecular weight is 457 g/mol. The SMILES string of the molecule is COC(=O)c1cc(-c2ccccc2)sc1NC(=S)NCCc1ccc(OC)c(OC)c1. The van der Waals surface area contributed by atoms with Gasteiger partial charge in [-0.15, -0.1) is 11.3 Å². The topological polar surface area (TPSA) is 68.8 Å². The number of carbonyl (C=O) groups excluding carboxylic acids is 1. The summed E-state index contributed by atoms with van der Waals surface area (Å²) in [7, 11) is 4.59. The molecule has 0 saturated carbocycles. The lowest BCUT2D eigenvalue weighted by Gasteiger charge is -2.12. The molecule has 0 atom stereocenters. The summed E-state index contributed by atoms with van der Waals surface area (Å²) in [5.74, 6) is 0.975. The Morgan fingerprint density at radius 2 is 1.74 bits per heavy atom. The van der Waals surface area contributed by atoms with Crippen molar-refractivity contribution in [2.45, 2.75) is 6.42 Å². The summed E-state index contributed by atoms with van der Waals surface area (Å²) in [5, 5.41) is 7.40. The Morgan fingerprint density at radius 3 is 2.42 bits per heavy atom. The quantitative estimate of drug-likeness (QED) is 0.375. The number of anilines is 1. The molecule has 0 saturated heterocycles. The van der Waals surface area contributed by atoms with Crippen LogP contribution in [-0.4, -0.2) is 39.0 Å². The first-order valence-corrected chi connectivity index (χ1v) is 10.8. The Morgan fingerprint density at radius 1 is 1.00 bits per heavy atom. The summed E-state index contributed by atoms with van der Waals surface area (Å²) >= 11 is 6.89. The van der Waals surface area contributed by atoms with Gasteiger partial charge in [-0.05, 0) is 48.0 Å². The van der Waals surface area contributed by atoms with Gasteiger partial charge in [-0.3, -0.25) is 0 Å². The van der Waals surface area contributed by atoms with Crippen molar-refractivity contribution in [3.63, 3.8) is 0 Å². The zero-order chi connectivity index (χ0) is 22.2. The van der Waals surface area contributed by atoms with Crippen molar-refractivity contribution in [1.82, 2.24) is 5.32 Å². The molecule has 0 radical (unpaired) electrons. The molecule has 1 aromatic heterocycles. The maximum Gasteiger partial charge on any atom is 0.340 e. The summed E-state index contributed by atoms with van der Waals surface area (Å²) in [6.07, 6.45) is 0.742. The molecule has 2 N–H and O–H groups in total. The van der Waals surface area contributed by atoms with Gasteiger partial charge in [0.25, 0.3) is 0 Å². The van der Waals surface area contributed by atoms with E-state index in [0.717, 1.165) is 22.4 Å². The number of benzene rings is 2. The summed E-state index contributed by atoms with van der Waals surface area (Å²) in [5.41, 5.74) is 2.57. The van der Waals surface area contributed by atoms with Crippen LogP contribution in [0.15, 0.2) is 54.6 Å². The molecule has 0 aliphatic carbocycles. The van der Waals surface area contributed by atoms with Gasteiger partial charge in [-0.25, -0.2) is 4.79 Å². The first-order valence-electron chi connectivity index (χ1n) is 9.59. The molecule has 0 aliphatic rings. The maximum absolute atomic E-state index is 12.2. The third kappa shape index (κ3) is 5.74. The number of carbonyl (C=O) groups is 1. The van der Waals surface area contributed by atoms with Crippen LogP contribution in [0.1, 0.15) is 15.9 Å². The highest BCUT2D eigenvalue weighted by Gasteiger charge is 2.18. The van der Waals surface area contributed by atoms with E-state index in [4.69, 9.17) is 26.4 Å². The number of ether oxygens (including phenoxy) is 3. The second-order valence-corrected chi connectivity index (χ2v) is 7.99. The molecular formula is C23H24N2O4S2. The fraction of sp³-hybridized carbons (Fsp3) is 0.217. The van der Waals surface area contributed by atoms with Crippen LogP contribution in [0.25, 0.3) is 10.4 Å². The first kappa shape index (κ1) is 22.6. The molecule has 6 nitrogen and oxygen atoms in total. The highest BCUT2D eigenvalue weighted by atomic mass is 32.1. The Balaban J connectivity index is 1.65. The minimum atomic E-state index is -0.408. The molecule has 0 spiro atoms. The van der Waals surface area contributed by atoms with Crippen LogP contribution < -0.4 is 20.1 Å². The standard InChI is InChI=1S/C23H24N2O4S2/c1-27-18-10-9-15(13-19(18)28-2)11-12-24-23(30)25-21-17(22(26)29-3)14-20(31-21)16-7-5-4-6-8-16/h4-10,13-14H,11-12H2,1-3H3,(H2,24,25,30). The van der Waals surface area contributed by atoms with Gasteiger partial charge in [-0.2, -0.15) is 0 Å². The fourth-order valence-corrected chi connectivity index (χ4v) is 4.32. The summed E-state index contributed by atoms with van der Waals surface area (Å²) in [4.78, 5) is 13.2. The molecule has 0 bridgehead atoms. The molecule has 0 unspecified atom stereocenters. The van der Waals surface area contributed by atoms with Crippen molar-refractivity contribution in [1.29, 1.82) is 0 Å². The molecule has 0 fully saturated rings. The van der Waals surface area contributed by atoms with Crippen LogP contribution in [0.4, 0.5) is 5.00 Å². The van der Waals surface area contributed by atoms with E-state index in [1.165, 1.54) is 18.4 Å². The smallest absolute Gasteiger partial charge is 0.340 e. The lowest BCUT2D eigenvalue weighted by Crippen LogP contribution is -2.30. The number of nitrogens with one attached hydrogen (secondary N) is 2. The van der Waals surface area contributed by atoms with Gasteiger partial charge in [0.1, 0.15) is 5.00 Å². The van der Waals surface area contributed by atoms with E-state index in [2.05, 4.69) is 10.6 Å². The number of hydrogen-bond donors (Lipinski definition) is 2. The summed E-state index contributed by atoms with van der Waals surface area (Å²) < 4.78 is 15.5. The molecule has 0 aliphatic heterocycles. The van der Waals surface area contributed by atoms with E-state index in [1.807, 2.05) is 54.6 Å². The van der Waals surface area contributed by atoms with Gasteiger partial charge in [0, 0.05) is 11.4 Å². The number of thiocarbonyl (C=S) groups is 1. The van der Waals surface area contributed by atoms with Gasteiger partial charge >= 0.3 is 5.97 Å². The van der Waals surface area contributed by atoms with E-state index in [9.17, 15) is 4.79 Å². The van der Waals surface area contributed by atoms with Gasteiger partial charge in [0.2, 0.25) is 0 Å². The first-order chi connectivity index (χ1) is 15.0. The van der Waals surface area contributed by atoms with Crippen molar-refractivity contribution in [2.75, 3.05) is 33.2 Å². The fourth-order valence-electron chi connectivity index (χ4n) is 2.99. The van der Waals surface area contributed by atoms with Crippen molar-refractivity contribution in [2.24, 2.45) is 0 Å². The number of hydrogen-bond acceptors (Lipinski definition) is 6. The zero-order valence-electron chi connectivity index (χ0n) is 17.6. The van der Waals surface area contributed by atoms with Crippen molar-refractivity contribution < 1.29 is 19.0 Å². The Bertz CT molecular complexity index is 1050. The second-order valence-electron chi connectivity index (χ2n) is 6.53. The molecular weight excluding hydrogens is 432 g/mol. The van der Waals surface area contributed by atoms with Gasteiger partial charge in [-0.1, -0.05) is 36.4 Å². The predicted molar refractivity (Wildman–Crippen MR) is 129 cm³/mol. The van der Waals surface area contributed by atoms with E-state index < -0.39 is 5.97 Å². The lowest BCUT2D eigenvalue weighted by molar-refractivity contribution is 0.0602. The third-order valence-corrected chi connectivity index (χ3v) is 5.92. The van der Waals surface area contributed by atoms with Crippen LogP contribution in [0.5, 0.6) is 11.5 Å². The number of esters is 1. The average Bonchev–Trinajstić information content (AvgIpc) is 3.22. The number of rotatable bonds is 8. The predicted octanol–water partition coefficient (Wildman–Crippen LogP) is 4.75. The van der Waals surface area contributed by atoms with Crippen molar-refractivity contribution >= 4 is 39.6 Å². The Kier molecular flexibility index (Phi) is 7.86. The monoisotopic (exact) mass is 456 g/mol. The Hall–Kier alpha value is -3.10. The highest BCUT2D eigenvalue weighted by molar-refractivity contribution is 7.80. The highest BCUT2D eigenvalue weighted by Crippen LogP contribution is 2.35. The second kappa shape index (κ2) is 10.8. The Labute approximate surface area is 191 Å². The largest absolute Gasteiger partial charge is 0.493 e. The van der Waals surface area contributed by atoms with Gasteiger partial charge < -0.3 is 24.8 Å². The molecule has 8 heteroatoms. The molecule has 2 aromatic carbocycles. The number of thiophene rings is 1. The summed E-state index contributed by atoms with van der Waals surface area (Å²) in [6, 6.07) is 17.5. The molecule has 162 valence electrons. The summed E-state index contributed by atoms with van der Waals surface area (Å²) in [6.45, 7) is 0.617. The van der Waals surface area contributed by atoms with E-state index in [1.54, 1.807) is 14.2 Å². The van der Waals surface area contributed by atoms with Crippen LogP contribution in [0, 0.1) is 0 Å². The molecule has 1 heterocycles. The number of methoxy groups -OCH3 is 3. The van der Waals surface area contributed by atoms with E-state index in [0.29, 0.717) is 33.7 Å². The maximum atomic E-state index is 12.2. The molecule has 0 amide bonds. The molecule has 3 rings (SSSR count). The third-order valence-electron chi connectivity index (χ3n) is 4.57.